The molecule has 0 aliphatic heterocycles. The lowest BCUT2D eigenvalue weighted by molar-refractivity contribution is 0.0700. The lowest BCUT2D eigenvalue weighted by atomic mass is 10.3. The molecule has 0 saturated carbocycles. The number of hydrogen-bond acceptors (Lipinski definition) is 10. The second kappa shape index (κ2) is 24.5. The molecule has 0 heterocycles. The van der Waals surface area contributed by atoms with E-state index in [1.807, 2.05) is 48.5 Å². The number of nitrogens with one attached hydrogen (secondary N) is 3. The Bertz CT molecular complexity index is 988. The van der Waals surface area contributed by atoms with E-state index in [-0.39, 0.29) is 12.3 Å². The molecular formula is C31H58N4O10Si2. The van der Waals surface area contributed by atoms with Crippen molar-refractivity contribution >= 4 is 41.5 Å². The third-order valence-corrected chi connectivity index (χ3v) is 12.9. The number of unbranched alkanes of at least 4 members (excludes halogenated alkanes) is 1. The van der Waals surface area contributed by atoms with Gasteiger partial charge < -0.3 is 47.2 Å². The van der Waals surface area contributed by atoms with Gasteiger partial charge in [-0.3, -0.25) is 0 Å². The predicted octanol–water partition coefficient (Wildman–Crippen LogP) is 5.68. The first kappa shape index (κ1) is 42.4. The number of anilines is 1. The molecule has 0 aliphatic carbocycles. The summed E-state index contributed by atoms with van der Waals surface area (Å²) in [5.41, 5.74) is 0.315. The van der Waals surface area contributed by atoms with Crippen LogP contribution in [0.5, 0.6) is 5.75 Å². The average Bonchev–Trinajstić information content (AvgIpc) is 3.03. The standard InChI is InChI=1S/C31H58N4O10Si2/c1-8-15-22-32-29(36)35(30(37)33-23-16-25-46(39-9-2,40-10-3)41-11-4)27-18-20-28(21-19-27)45-31(38)34-24-17-26-47(42-12-5,43-13-6)44-14-7/h18-21H,8-17,22-26H2,1-7H3,(H,32,36)(H,33,37)(H,34,38). The minimum atomic E-state index is -2.86. The Kier molecular flexibility index (Phi) is 22.2. The maximum absolute atomic E-state index is 13.3. The monoisotopic (exact) mass is 702 g/mol. The average molecular weight is 703 g/mol. The third-order valence-electron chi connectivity index (χ3n) is 6.57. The number of carbonyl (C=O) groups excluding carboxylic acids is 3. The second-order valence-electron chi connectivity index (χ2n) is 10.1. The molecule has 0 saturated heterocycles. The van der Waals surface area contributed by atoms with Gasteiger partial charge in [-0.05, 0) is 85.1 Å². The van der Waals surface area contributed by atoms with E-state index in [0.717, 1.165) is 17.7 Å². The third kappa shape index (κ3) is 15.9. The number of amides is 5. The van der Waals surface area contributed by atoms with Gasteiger partial charge in [-0.15, -0.1) is 0 Å². The van der Waals surface area contributed by atoms with Crippen molar-refractivity contribution in [1.82, 2.24) is 16.0 Å². The van der Waals surface area contributed by atoms with Crippen molar-refractivity contribution in [3.05, 3.63) is 24.3 Å². The smallest absolute Gasteiger partial charge is 0.410 e. The summed E-state index contributed by atoms with van der Waals surface area (Å²) in [6, 6.07) is 6.08. The van der Waals surface area contributed by atoms with Crippen LogP contribution in [0.25, 0.3) is 0 Å². The van der Waals surface area contributed by atoms with E-state index in [0.29, 0.717) is 83.3 Å². The number of carbonyl (C=O) groups is 3. The Morgan fingerprint density at radius 1 is 0.574 bits per heavy atom. The van der Waals surface area contributed by atoms with E-state index in [9.17, 15) is 14.4 Å². The van der Waals surface area contributed by atoms with E-state index in [2.05, 4.69) is 16.0 Å². The molecule has 0 unspecified atom stereocenters. The molecule has 1 rings (SSSR count). The molecule has 3 N–H and O–H groups in total. The van der Waals surface area contributed by atoms with Crippen molar-refractivity contribution in [2.45, 2.75) is 86.2 Å². The molecule has 1 aromatic carbocycles. The summed E-state index contributed by atoms with van der Waals surface area (Å²) in [5.74, 6) is 0.253. The van der Waals surface area contributed by atoms with Gasteiger partial charge in [0.25, 0.3) is 0 Å². The zero-order chi connectivity index (χ0) is 35.0. The zero-order valence-electron chi connectivity index (χ0n) is 29.4. The zero-order valence-corrected chi connectivity index (χ0v) is 31.4. The van der Waals surface area contributed by atoms with Crippen molar-refractivity contribution in [2.24, 2.45) is 0 Å². The minimum absolute atomic E-state index is 0.253. The van der Waals surface area contributed by atoms with Gasteiger partial charge >= 0.3 is 35.8 Å². The summed E-state index contributed by atoms with van der Waals surface area (Å²) in [6.07, 6.45) is 2.15. The fraction of sp³-hybridized carbons (Fsp3) is 0.710. The Labute approximate surface area is 283 Å². The SMILES string of the molecule is CCCCNC(=O)N(C(=O)NCCC[Si](OCC)(OCC)OCC)c1ccc(OC(=O)NCCC[Si](OCC)(OCC)OCC)cc1. The van der Waals surface area contributed by atoms with E-state index in [4.69, 9.17) is 31.3 Å². The summed E-state index contributed by atoms with van der Waals surface area (Å²) >= 11 is 0. The molecule has 16 heteroatoms. The maximum Gasteiger partial charge on any atom is 0.500 e. The summed E-state index contributed by atoms with van der Waals surface area (Å²) in [4.78, 5) is 39.9. The quantitative estimate of drug-likeness (QED) is 0.0857. The molecule has 270 valence electrons. The number of ether oxygens (including phenoxy) is 1. The first-order valence-corrected chi connectivity index (χ1v) is 20.8. The van der Waals surface area contributed by atoms with Crippen LogP contribution in [-0.4, -0.2) is 95.0 Å². The topological polar surface area (TPSA) is 155 Å². The van der Waals surface area contributed by atoms with Crippen LogP contribution in [0.3, 0.4) is 0 Å². The molecule has 0 atom stereocenters. The van der Waals surface area contributed by atoms with E-state index < -0.39 is 35.8 Å². The van der Waals surface area contributed by atoms with Crippen molar-refractivity contribution < 1.29 is 45.7 Å². The Morgan fingerprint density at radius 2 is 0.957 bits per heavy atom. The Morgan fingerprint density at radius 3 is 1.34 bits per heavy atom. The van der Waals surface area contributed by atoms with Gasteiger partial charge in [0.05, 0.1) is 5.69 Å². The normalized spacial score (nSPS) is 11.6. The highest BCUT2D eigenvalue weighted by Crippen LogP contribution is 2.22. The fourth-order valence-electron chi connectivity index (χ4n) is 4.66. The minimum Gasteiger partial charge on any atom is -0.410 e. The van der Waals surface area contributed by atoms with Gasteiger partial charge in [-0.1, -0.05) is 13.3 Å². The highest BCUT2D eigenvalue weighted by atomic mass is 28.4. The van der Waals surface area contributed by atoms with Crippen LogP contribution >= 0.6 is 0 Å². The molecule has 0 fully saturated rings. The van der Waals surface area contributed by atoms with Crippen LogP contribution in [0.15, 0.2) is 24.3 Å². The number of urea groups is 2. The first-order chi connectivity index (χ1) is 22.7. The fourth-order valence-corrected chi connectivity index (χ4v) is 9.89. The van der Waals surface area contributed by atoms with Crippen LogP contribution in [-0.2, 0) is 26.6 Å². The predicted molar refractivity (Wildman–Crippen MR) is 185 cm³/mol. The number of hydrogen-bond donors (Lipinski definition) is 3. The van der Waals surface area contributed by atoms with Crippen LogP contribution < -0.4 is 25.6 Å². The molecule has 1 aromatic rings. The van der Waals surface area contributed by atoms with Crippen molar-refractivity contribution in [3.8, 4) is 5.75 Å². The molecular weight excluding hydrogens is 645 g/mol. The van der Waals surface area contributed by atoms with Crippen molar-refractivity contribution in [2.75, 3.05) is 64.2 Å². The van der Waals surface area contributed by atoms with Gasteiger partial charge in [0.15, 0.2) is 0 Å². The Balaban J connectivity index is 2.84. The van der Waals surface area contributed by atoms with Crippen LogP contribution in [0.2, 0.25) is 12.1 Å². The van der Waals surface area contributed by atoms with Gasteiger partial charge in [-0.2, -0.15) is 0 Å². The summed E-state index contributed by atoms with van der Waals surface area (Å²) < 4.78 is 40.6. The van der Waals surface area contributed by atoms with Gasteiger partial charge in [0.1, 0.15) is 5.75 Å². The van der Waals surface area contributed by atoms with E-state index in [1.54, 1.807) is 12.1 Å². The van der Waals surface area contributed by atoms with Gasteiger partial charge in [-0.25, -0.2) is 19.3 Å². The van der Waals surface area contributed by atoms with Crippen molar-refractivity contribution in [3.63, 3.8) is 0 Å². The van der Waals surface area contributed by atoms with Gasteiger partial charge in [0, 0.05) is 71.4 Å². The van der Waals surface area contributed by atoms with Crippen LogP contribution in [0.4, 0.5) is 20.1 Å². The maximum atomic E-state index is 13.3. The molecule has 0 aliphatic rings. The molecule has 0 radical (unpaired) electrons. The summed E-state index contributed by atoms with van der Waals surface area (Å²) in [6.45, 7) is 17.3. The highest BCUT2D eigenvalue weighted by Gasteiger charge is 2.40. The molecule has 0 spiro atoms. The molecule has 0 aromatic heterocycles. The van der Waals surface area contributed by atoms with Gasteiger partial charge in [0.2, 0.25) is 0 Å². The molecule has 14 nitrogen and oxygen atoms in total. The van der Waals surface area contributed by atoms with Crippen LogP contribution in [0.1, 0.15) is 74.1 Å². The molecule has 5 amide bonds. The first-order valence-electron chi connectivity index (χ1n) is 16.9. The number of nitrogens with zero attached hydrogens (tertiary/aromatic N) is 1. The van der Waals surface area contributed by atoms with Crippen molar-refractivity contribution in [1.29, 1.82) is 0 Å². The van der Waals surface area contributed by atoms with E-state index in [1.165, 1.54) is 12.1 Å². The summed E-state index contributed by atoms with van der Waals surface area (Å²) in [7, 11) is -5.65. The molecule has 47 heavy (non-hydrogen) atoms. The molecule has 0 bridgehead atoms. The lowest BCUT2D eigenvalue weighted by Crippen LogP contribution is -2.50. The Hall–Kier alpha value is -2.58. The van der Waals surface area contributed by atoms with E-state index >= 15 is 0 Å². The second-order valence-corrected chi connectivity index (χ2v) is 15.6. The largest absolute Gasteiger partial charge is 0.500 e. The number of rotatable bonds is 25. The summed E-state index contributed by atoms with van der Waals surface area (Å²) in [5, 5.41) is 8.34. The lowest BCUT2D eigenvalue weighted by Gasteiger charge is -2.28. The number of imide groups is 1. The number of benzene rings is 1. The highest BCUT2D eigenvalue weighted by molar-refractivity contribution is 6.61. The van der Waals surface area contributed by atoms with Crippen LogP contribution in [0, 0.1) is 0 Å².